The van der Waals surface area contributed by atoms with Crippen molar-refractivity contribution >= 4 is 22.4 Å². The van der Waals surface area contributed by atoms with Crippen LogP contribution in [0.1, 0.15) is 34.9 Å². The molecule has 2 rings (SSSR count). The summed E-state index contributed by atoms with van der Waals surface area (Å²) in [5.41, 5.74) is 1.51. The zero-order chi connectivity index (χ0) is 13.1. The first-order valence-electron chi connectivity index (χ1n) is 5.30. The van der Waals surface area contributed by atoms with Gasteiger partial charge in [0.2, 0.25) is 0 Å². The number of thiazole rings is 1. The number of anilines is 1. The van der Waals surface area contributed by atoms with E-state index in [0.29, 0.717) is 10.8 Å². The average molecular weight is 264 g/mol. The van der Waals surface area contributed by atoms with Gasteiger partial charge in [0.25, 0.3) is 5.91 Å². The molecule has 0 radical (unpaired) electrons. The minimum atomic E-state index is -0.647. The van der Waals surface area contributed by atoms with E-state index in [9.17, 15) is 9.90 Å². The molecule has 1 amide bonds. The van der Waals surface area contributed by atoms with Crippen LogP contribution in [0.3, 0.4) is 0 Å². The second-order valence-electron chi connectivity index (χ2n) is 3.75. The molecule has 0 aromatic carbocycles. The number of aliphatic hydroxyl groups excluding tert-OH is 1. The molecule has 0 aliphatic rings. The Balaban J connectivity index is 2.08. The Morgan fingerprint density at radius 2 is 2.22 bits per heavy atom. The number of nitrogens with zero attached hydrogens (tertiary/aromatic N) is 3. The van der Waals surface area contributed by atoms with E-state index < -0.39 is 6.10 Å². The molecule has 2 N–H and O–H groups in total. The van der Waals surface area contributed by atoms with Gasteiger partial charge in [-0.2, -0.15) is 0 Å². The molecule has 0 spiro atoms. The third-order valence-electron chi connectivity index (χ3n) is 2.18. The Morgan fingerprint density at radius 3 is 2.78 bits per heavy atom. The van der Waals surface area contributed by atoms with Gasteiger partial charge in [-0.1, -0.05) is 0 Å². The van der Waals surface area contributed by atoms with Crippen LogP contribution >= 0.6 is 11.3 Å². The molecule has 1 atom stereocenters. The number of carbonyl (C=O) groups is 1. The van der Waals surface area contributed by atoms with Crippen molar-refractivity contribution in [1.82, 2.24) is 15.0 Å². The van der Waals surface area contributed by atoms with Crippen LogP contribution in [0.4, 0.5) is 5.13 Å². The van der Waals surface area contributed by atoms with Gasteiger partial charge in [-0.15, -0.1) is 11.3 Å². The minimum Gasteiger partial charge on any atom is -0.387 e. The molecule has 94 valence electrons. The largest absolute Gasteiger partial charge is 0.387 e. The summed E-state index contributed by atoms with van der Waals surface area (Å²) in [6.45, 7) is 3.41. The van der Waals surface area contributed by atoms with Crippen molar-refractivity contribution < 1.29 is 9.90 Å². The van der Waals surface area contributed by atoms with Gasteiger partial charge in [-0.05, 0) is 13.8 Å². The van der Waals surface area contributed by atoms with Crippen LogP contribution in [0.15, 0.2) is 17.8 Å². The maximum absolute atomic E-state index is 11.8. The topological polar surface area (TPSA) is 88.0 Å². The highest BCUT2D eigenvalue weighted by Gasteiger charge is 2.12. The lowest BCUT2D eigenvalue weighted by Crippen LogP contribution is -2.14. The molecule has 7 heteroatoms. The fraction of sp³-hybridized carbons (Fsp3) is 0.273. The van der Waals surface area contributed by atoms with Crippen LogP contribution in [-0.4, -0.2) is 26.0 Å². The Hall–Kier alpha value is -1.86. The van der Waals surface area contributed by atoms with Gasteiger partial charge >= 0.3 is 0 Å². The molecule has 2 aromatic heterocycles. The number of hydrogen-bond donors (Lipinski definition) is 2. The predicted octanol–water partition coefficient (Wildman–Crippen LogP) is 1.55. The van der Waals surface area contributed by atoms with Crippen molar-refractivity contribution in [3.05, 3.63) is 34.9 Å². The van der Waals surface area contributed by atoms with E-state index in [1.165, 1.54) is 23.7 Å². The van der Waals surface area contributed by atoms with Gasteiger partial charge in [0.1, 0.15) is 5.69 Å². The van der Waals surface area contributed by atoms with Crippen LogP contribution in [0, 0.1) is 6.92 Å². The van der Waals surface area contributed by atoms with Crippen LogP contribution in [0.2, 0.25) is 0 Å². The van der Waals surface area contributed by atoms with E-state index in [0.717, 1.165) is 5.69 Å². The molecule has 0 bridgehead atoms. The third kappa shape index (κ3) is 2.88. The molecule has 0 saturated heterocycles. The Labute approximate surface area is 108 Å². The maximum Gasteiger partial charge on any atom is 0.277 e. The van der Waals surface area contributed by atoms with E-state index in [1.54, 1.807) is 19.2 Å². The summed E-state index contributed by atoms with van der Waals surface area (Å²) in [7, 11) is 0. The first-order chi connectivity index (χ1) is 8.56. The summed E-state index contributed by atoms with van der Waals surface area (Å²) in [5, 5.41) is 14.1. The predicted molar refractivity (Wildman–Crippen MR) is 67.5 cm³/mol. The van der Waals surface area contributed by atoms with Gasteiger partial charge < -0.3 is 5.11 Å². The summed E-state index contributed by atoms with van der Waals surface area (Å²) in [5.74, 6) is -0.367. The Morgan fingerprint density at radius 1 is 1.44 bits per heavy atom. The zero-order valence-corrected chi connectivity index (χ0v) is 10.7. The first kappa shape index (κ1) is 12.6. The highest BCUT2D eigenvalue weighted by Crippen LogP contribution is 2.20. The number of amides is 1. The first-order valence-corrected chi connectivity index (χ1v) is 6.17. The van der Waals surface area contributed by atoms with Gasteiger partial charge in [0, 0.05) is 11.6 Å². The number of hydrogen-bond acceptors (Lipinski definition) is 6. The lowest BCUT2D eigenvalue weighted by Gasteiger charge is -2.01. The molecule has 2 heterocycles. The van der Waals surface area contributed by atoms with Gasteiger partial charge in [0.05, 0.1) is 23.7 Å². The van der Waals surface area contributed by atoms with Gasteiger partial charge in [-0.25, -0.2) is 9.97 Å². The zero-order valence-electron chi connectivity index (χ0n) is 9.91. The molecule has 0 saturated carbocycles. The molecule has 0 aliphatic heterocycles. The monoisotopic (exact) mass is 264 g/mol. The van der Waals surface area contributed by atoms with Crippen molar-refractivity contribution in [2.24, 2.45) is 0 Å². The maximum atomic E-state index is 11.8. The fourth-order valence-electron chi connectivity index (χ4n) is 1.21. The number of aromatic nitrogens is 3. The van der Waals surface area contributed by atoms with Crippen LogP contribution in [0.25, 0.3) is 0 Å². The molecule has 6 nitrogen and oxygen atoms in total. The number of rotatable bonds is 3. The lowest BCUT2D eigenvalue weighted by molar-refractivity contribution is 0.102. The quantitative estimate of drug-likeness (QED) is 0.878. The second-order valence-corrected chi connectivity index (χ2v) is 4.61. The van der Waals surface area contributed by atoms with Gasteiger partial charge in [-0.3, -0.25) is 15.1 Å². The lowest BCUT2D eigenvalue weighted by atomic mass is 10.3. The van der Waals surface area contributed by atoms with Crippen LogP contribution in [0.5, 0.6) is 0 Å². The van der Waals surface area contributed by atoms with E-state index in [1.807, 2.05) is 0 Å². The fourth-order valence-corrected chi connectivity index (χ4v) is 2.00. The van der Waals surface area contributed by atoms with Crippen molar-refractivity contribution in [1.29, 1.82) is 0 Å². The number of nitrogens with one attached hydrogen (secondary N) is 1. The molecule has 0 fully saturated rings. The summed E-state index contributed by atoms with van der Waals surface area (Å²) >= 11 is 1.25. The number of aryl methyl sites for hydroxylation is 1. The second kappa shape index (κ2) is 5.19. The van der Waals surface area contributed by atoms with Crippen molar-refractivity contribution in [3.63, 3.8) is 0 Å². The normalized spacial score (nSPS) is 12.2. The third-order valence-corrected chi connectivity index (χ3v) is 2.96. The van der Waals surface area contributed by atoms with E-state index in [4.69, 9.17) is 0 Å². The highest BCUT2D eigenvalue weighted by molar-refractivity contribution is 7.14. The highest BCUT2D eigenvalue weighted by atomic mass is 32.1. The van der Waals surface area contributed by atoms with E-state index >= 15 is 0 Å². The molecule has 2 aromatic rings. The van der Waals surface area contributed by atoms with Crippen molar-refractivity contribution in [2.75, 3.05) is 5.32 Å². The van der Waals surface area contributed by atoms with Crippen molar-refractivity contribution in [3.8, 4) is 0 Å². The average Bonchev–Trinajstić information content (AvgIpc) is 2.78. The Bertz CT molecular complexity index is 550. The van der Waals surface area contributed by atoms with E-state index in [2.05, 4.69) is 20.3 Å². The molecule has 1 unspecified atom stereocenters. The summed E-state index contributed by atoms with van der Waals surface area (Å²) < 4.78 is 0. The van der Waals surface area contributed by atoms with E-state index in [-0.39, 0.29) is 11.6 Å². The van der Waals surface area contributed by atoms with Gasteiger partial charge in [0.15, 0.2) is 5.13 Å². The van der Waals surface area contributed by atoms with Crippen LogP contribution in [-0.2, 0) is 0 Å². The number of aliphatic hydroxyl groups is 1. The smallest absolute Gasteiger partial charge is 0.277 e. The standard InChI is InChI=1S/C11H12N4O2S/c1-6-3-13-8(4-12-6)10(17)15-11-14-9(5-18-11)7(2)16/h3-5,7,16H,1-2H3,(H,14,15,17). The SMILES string of the molecule is Cc1cnc(C(=O)Nc2nc(C(C)O)cs2)cn1. The molecule has 0 aliphatic carbocycles. The summed E-state index contributed by atoms with van der Waals surface area (Å²) in [6.07, 6.45) is 2.29. The molecular weight excluding hydrogens is 252 g/mol. The Kier molecular flexibility index (Phi) is 3.63. The minimum absolute atomic E-state index is 0.231. The molecular formula is C11H12N4O2S. The summed E-state index contributed by atoms with van der Waals surface area (Å²) in [6, 6.07) is 0. The van der Waals surface area contributed by atoms with Crippen molar-refractivity contribution in [2.45, 2.75) is 20.0 Å². The summed E-state index contributed by atoms with van der Waals surface area (Å²) in [4.78, 5) is 23.8. The van der Waals surface area contributed by atoms with Crippen LogP contribution < -0.4 is 5.32 Å². The number of carbonyl (C=O) groups excluding carboxylic acids is 1. The molecule has 18 heavy (non-hydrogen) atoms.